The molecule has 9 heteroatoms. The maximum atomic E-state index is 13.8. The van der Waals surface area contributed by atoms with E-state index in [-0.39, 0.29) is 36.2 Å². The molecule has 1 aliphatic rings. The van der Waals surface area contributed by atoms with E-state index in [0.29, 0.717) is 30.2 Å². The van der Waals surface area contributed by atoms with E-state index in [4.69, 9.17) is 0 Å². The van der Waals surface area contributed by atoms with E-state index in [1.807, 2.05) is 0 Å². The Hall–Kier alpha value is -3.36. The molecule has 0 radical (unpaired) electrons. The number of benzene rings is 2. The van der Waals surface area contributed by atoms with Gasteiger partial charge in [0.25, 0.3) is 11.6 Å². The summed E-state index contributed by atoms with van der Waals surface area (Å²) >= 11 is 0. The van der Waals surface area contributed by atoms with Crippen LogP contribution in [-0.4, -0.2) is 34.7 Å². The van der Waals surface area contributed by atoms with Crippen LogP contribution in [0.15, 0.2) is 36.4 Å². The van der Waals surface area contributed by atoms with Gasteiger partial charge in [0.15, 0.2) is 0 Å². The maximum absolute atomic E-state index is 13.8. The number of carbonyl (C=O) groups is 2. The lowest BCUT2D eigenvalue weighted by Crippen LogP contribution is -2.41. The van der Waals surface area contributed by atoms with Crippen molar-refractivity contribution < 1.29 is 23.3 Å². The third-order valence-electron chi connectivity index (χ3n) is 5.07. The number of nitrogens with zero attached hydrogens (tertiary/aromatic N) is 2. The lowest BCUT2D eigenvalue weighted by atomic mass is 9.95. The van der Waals surface area contributed by atoms with Crippen molar-refractivity contribution >= 4 is 23.2 Å². The standard InChI is InChI=1S/C20H19F2N3O4/c1-12-17(3-2-4-18(12)25(28)29)23-19(26)13-7-9-24(10-8-13)20(27)15-6-5-14(21)11-16(15)22/h2-6,11,13H,7-10H2,1H3,(H,23,26). The highest BCUT2D eigenvalue weighted by Crippen LogP contribution is 2.27. The second-order valence-corrected chi connectivity index (χ2v) is 6.89. The number of nitro groups is 1. The first kappa shape index (κ1) is 20.4. The van der Waals surface area contributed by atoms with Gasteiger partial charge in [0.2, 0.25) is 5.91 Å². The Morgan fingerprint density at radius 2 is 1.86 bits per heavy atom. The molecular weight excluding hydrogens is 384 g/mol. The molecule has 152 valence electrons. The molecule has 29 heavy (non-hydrogen) atoms. The number of halogens is 2. The fourth-order valence-corrected chi connectivity index (χ4v) is 3.37. The van der Waals surface area contributed by atoms with Crippen molar-refractivity contribution in [1.82, 2.24) is 4.90 Å². The molecule has 1 aliphatic heterocycles. The first-order chi connectivity index (χ1) is 13.8. The molecule has 0 saturated carbocycles. The lowest BCUT2D eigenvalue weighted by molar-refractivity contribution is -0.385. The Morgan fingerprint density at radius 1 is 1.17 bits per heavy atom. The summed E-state index contributed by atoms with van der Waals surface area (Å²) in [5, 5.41) is 13.7. The van der Waals surface area contributed by atoms with Gasteiger partial charge in [0, 0.05) is 31.1 Å². The van der Waals surface area contributed by atoms with Crippen LogP contribution >= 0.6 is 0 Å². The number of piperidine rings is 1. The van der Waals surface area contributed by atoms with E-state index in [0.717, 1.165) is 12.1 Å². The van der Waals surface area contributed by atoms with E-state index in [1.165, 1.54) is 17.0 Å². The van der Waals surface area contributed by atoms with Crippen LogP contribution in [-0.2, 0) is 4.79 Å². The highest BCUT2D eigenvalue weighted by atomic mass is 19.1. The van der Waals surface area contributed by atoms with E-state index in [9.17, 15) is 28.5 Å². The molecule has 7 nitrogen and oxygen atoms in total. The van der Waals surface area contributed by atoms with Gasteiger partial charge < -0.3 is 10.2 Å². The van der Waals surface area contributed by atoms with E-state index in [1.54, 1.807) is 13.0 Å². The van der Waals surface area contributed by atoms with Crippen LogP contribution in [0, 0.1) is 34.6 Å². The van der Waals surface area contributed by atoms with E-state index in [2.05, 4.69) is 5.32 Å². The Balaban J connectivity index is 1.62. The van der Waals surface area contributed by atoms with Crippen molar-refractivity contribution in [3.8, 4) is 0 Å². The third-order valence-corrected chi connectivity index (χ3v) is 5.07. The molecule has 0 spiro atoms. The Labute approximate surface area is 165 Å². The smallest absolute Gasteiger partial charge is 0.274 e. The normalized spacial score (nSPS) is 14.5. The van der Waals surface area contributed by atoms with Crippen molar-refractivity contribution in [2.75, 3.05) is 18.4 Å². The maximum Gasteiger partial charge on any atom is 0.274 e. The monoisotopic (exact) mass is 403 g/mol. The summed E-state index contributed by atoms with van der Waals surface area (Å²) in [5.74, 6) is -2.89. The molecule has 1 saturated heterocycles. The molecule has 3 rings (SSSR count). The lowest BCUT2D eigenvalue weighted by Gasteiger charge is -2.31. The molecule has 2 aromatic carbocycles. The predicted octanol–water partition coefficient (Wildman–Crippen LogP) is 3.67. The van der Waals surface area contributed by atoms with Gasteiger partial charge >= 0.3 is 0 Å². The fraction of sp³-hybridized carbons (Fsp3) is 0.300. The summed E-state index contributed by atoms with van der Waals surface area (Å²) in [4.78, 5) is 36.9. The van der Waals surface area contributed by atoms with Gasteiger partial charge in [0.1, 0.15) is 11.6 Å². The van der Waals surface area contributed by atoms with Gasteiger partial charge in [-0.1, -0.05) is 6.07 Å². The SMILES string of the molecule is Cc1c(NC(=O)C2CCN(C(=O)c3ccc(F)cc3F)CC2)cccc1[N+](=O)[O-]. The van der Waals surface area contributed by atoms with Gasteiger partial charge in [-0.2, -0.15) is 0 Å². The molecular formula is C20H19F2N3O4. The number of nitrogens with one attached hydrogen (secondary N) is 1. The van der Waals surface area contributed by atoms with Crippen molar-refractivity contribution in [2.45, 2.75) is 19.8 Å². The van der Waals surface area contributed by atoms with E-state index >= 15 is 0 Å². The summed E-state index contributed by atoms with van der Waals surface area (Å²) in [6, 6.07) is 7.25. The minimum absolute atomic E-state index is 0.0791. The average Bonchev–Trinajstić information content (AvgIpc) is 2.69. The van der Waals surface area contributed by atoms with Crippen LogP contribution in [0.3, 0.4) is 0 Å². The fourth-order valence-electron chi connectivity index (χ4n) is 3.37. The van der Waals surface area contributed by atoms with Gasteiger partial charge in [-0.15, -0.1) is 0 Å². The average molecular weight is 403 g/mol. The van der Waals surface area contributed by atoms with Gasteiger partial charge in [-0.3, -0.25) is 19.7 Å². The second-order valence-electron chi connectivity index (χ2n) is 6.89. The van der Waals surface area contributed by atoms with Crippen LogP contribution in [0.25, 0.3) is 0 Å². The number of rotatable bonds is 4. The number of nitro benzene ring substituents is 1. The number of likely N-dealkylation sites (tertiary alicyclic amines) is 1. The van der Waals surface area contributed by atoms with Crippen LogP contribution in [0.5, 0.6) is 0 Å². The molecule has 0 unspecified atom stereocenters. The van der Waals surface area contributed by atoms with Crippen molar-refractivity contribution in [1.29, 1.82) is 0 Å². The summed E-state index contributed by atoms with van der Waals surface area (Å²) in [6.07, 6.45) is 0.739. The zero-order valence-corrected chi connectivity index (χ0v) is 15.7. The zero-order chi connectivity index (χ0) is 21.1. The Kier molecular flexibility index (Phi) is 5.86. The summed E-state index contributed by atoms with van der Waals surface area (Å²) < 4.78 is 26.9. The number of hydrogen-bond acceptors (Lipinski definition) is 4. The highest BCUT2D eigenvalue weighted by Gasteiger charge is 2.29. The van der Waals surface area contributed by atoms with Crippen LogP contribution < -0.4 is 5.32 Å². The zero-order valence-electron chi connectivity index (χ0n) is 15.7. The van der Waals surface area contributed by atoms with Crippen LogP contribution in [0.2, 0.25) is 0 Å². The number of hydrogen-bond donors (Lipinski definition) is 1. The highest BCUT2D eigenvalue weighted by molar-refractivity contribution is 5.96. The Morgan fingerprint density at radius 3 is 2.48 bits per heavy atom. The Bertz CT molecular complexity index is 972. The molecule has 0 aliphatic carbocycles. The molecule has 2 amide bonds. The summed E-state index contributed by atoms with van der Waals surface area (Å²) in [6.45, 7) is 2.07. The number of anilines is 1. The molecule has 2 aromatic rings. The van der Waals surface area contributed by atoms with Crippen molar-refractivity contribution in [2.24, 2.45) is 5.92 Å². The molecule has 0 bridgehead atoms. The molecule has 1 N–H and O–H groups in total. The topological polar surface area (TPSA) is 92.6 Å². The van der Waals surface area contributed by atoms with Gasteiger partial charge in [0.05, 0.1) is 21.7 Å². The summed E-state index contributed by atoms with van der Waals surface area (Å²) in [7, 11) is 0. The van der Waals surface area contributed by atoms with Gasteiger partial charge in [-0.25, -0.2) is 8.78 Å². The largest absolute Gasteiger partial charge is 0.339 e. The molecule has 0 aromatic heterocycles. The molecule has 0 atom stereocenters. The predicted molar refractivity (Wildman–Crippen MR) is 101 cm³/mol. The first-order valence-corrected chi connectivity index (χ1v) is 9.07. The van der Waals surface area contributed by atoms with Crippen LogP contribution in [0.1, 0.15) is 28.8 Å². The number of amides is 2. The van der Waals surface area contributed by atoms with Gasteiger partial charge in [-0.05, 0) is 38.0 Å². The first-order valence-electron chi connectivity index (χ1n) is 9.07. The third kappa shape index (κ3) is 4.39. The van der Waals surface area contributed by atoms with Crippen molar-refractivity contribution in [3.05, 3.63) is 69.3 Å². The minimum Gasteiger partial charge on any atom is -0.339 e. The number of carbonyl (C=O) groups excluding carboxylic acids is 2. The van der Waals surface area contributed by atoms with Crippen molar-refractivity contribution in [3.63, 3.8) is 0 Å². The summed E-state index contributed by atoms with van der Waals surface area (Å²) in [5.41, 5.74) is 0.451. The minimum atomic E-state index is -0.920. The van der Waals surface area contributed by atoms with E-state index < -0.39 is 22.5 Å². The van der Waals surface area contributed by atoms with Crippen LogP contribution in [0.4, 0.5) is 20.2 Å². The molecule has 1 heterocycles. The quantitative estimate of drug-likeness (QED) is 0.623. The second kappa shape index (κ2) is 8.34. The molecule has 1 fully saturated rings.